The average Bonchev–Trinajstić information content (AvgIpc) is 3.22. The highest BCUT2D eigenvalue weighted by atomic mass is 19.4. The zero-order valence-electron chi connectivity index (χ0n) is 15.8. The Morgan fingerprint density at radius 3 is 2.83 bits per heavy atom. The molecule has 1 aromatic carbocycles. The highest BCUT2D eigenvalue weighted by Gasteiger charge is 2.36. The van der Waals surface area contributed by atoms with Crippen molar-refractivity contribution in [2.24, 2.45) is 5.92 Å². The summed E-state index contributed by atoms with van der Waals surface area (Å²) in [6.07, 6.45) is 1.93. The maximum Gasteiger partial charge on any atom is 0.417 e. The van der Waals surface area contributed by atoms with Gasteiger partial charge in [-0.3, -0.25) is 9.78 Å². The molecule has 3 heterocycles. The van der Waals surface area contributed by atoms with E-state index in [9.17, 15) is 18.0 Å². The van der Waals surface area contributed by atoms with E-state index in [0.717, 1.165) is 12.5 Å². The van der Waals surface area contributed by atoms with Crippen LogP contribution in [0.15, 0.2) is 47.4 Å². The van der Waals surface area contributed by atoms with Gasteiger partial charge in [0.05, 0.1) is 17.3 Å². The zero-order valence-corrected chi connectivity index (χ0v) is 15.8. The second kappa shape index (κ2) is 8.21. The molecule has 0 N–H and O–H groups in total. The van der Waals surface area contributed by atoms with E-state index < -0.39 is 17.6 Å². The van der Waals surface area contributed by atoms with Crippen molar-refractivity contribution in [2.75, 3.05) is 13.1 Å². The van der Waals surface area contributed by atoms with E-state index in [2.05, 4.69) is 20.1 Å². The highest BCUT2D eigenvalue weighted by molar-refractivity contribution is 5.96. The minimum absolute atomic E-state index is 0.0101. The molecule has 1 atom stereocenters. The van der Waals surface area contributed by atoms with Crippen LogP contribution in [0.2, 0.25) is 0 Å². The Kier molecular flexibility index (Phi) is 5.47. The van der Waals surface area contributed by atoms with Gasteiger partial charge in [0, 0.05) is 31.9 Å². The van der Waals surface area contributed by atoms with Crippen LogP contribution in [0.5, 0.6) is 0 Å². The lowest BCUT2D eigenvalue weighted by Crippen LogP contribution is -2.41. The Labute approximate surface area is 170 Å². The standard InChI is InChI=1S/C20H18F3N5O2/c21-20(22,23)15-6-2-1-5-14(15)19(29)28-9-3-4-13(12-28)10-17-26-18(27-30-17)16-11-24-7-8-25-16/h1-2,5-8,11,13H,3-4,9-10,12H2/t13-/m1/s1. The minimum Gasteiger partial charge on any atom is -0.339 e. The second-order valence-corrected chi connectivity index (χ2v) is 7.11. The predicted octanol–water partition coefficient (Wildman–Crippen LogP) is 3.64. The summed E-state index contributed by atoms with van der Waals surface area (Å²) in [5, 5.41) is 3.90. The molecule has 0 radical (unpaired) electrons. The predicted molar refractivity (Wildman–Crippen MR) is 99.1 cm³/mol. The molecule has 1 aliphatic heterocycles. The van der Waals surface area contributed by atoms with Crippen molar-refractivity contribution >= 4 is 5.91 Å². The largest absolute Gasteiger partial charge is 0.417 e. The number of piperidine rings is 1. The molecule has 0 aliphatic carbocycles. The SMILES string of the molecule is O=C(c1ccccc1C(F)(F)F)N1CCC[C@H](Cc2nc(-c3cnccn3)no2)C1. The van der Waals surface area contributed by atoms with E-state index in [-0.39, 0.29) is 11.5 Å². The molecular formula is C20H18F3N5O2. The van der Waals surface area contributed by atoms with Gasteiger partial charge in [-0.25, -0.2) is 4.98 Å². The first-order valence-corrected chi connectivity index (χ1v) is 9.46. The van der Waals surface area contributed by atoms with Crippen molar-refractivity contribution in [2.45, 2.75) is 25.4 Å². The number of nitrogens with zero attached hydrogens (tertiary/aromatic N) is 5. The third-order valence-electron chi connectivity index (χ3n) is 4.99. The summed E-state index contributed by atoms with van der Waals surface area (Å²) in [4.78, 5) is 26.7. The molecule has 1 aliphatic rings. The summed E-state index contributed by atoms with van der Waals surface area (Å²) >= 11 is 0. The number of amides is 1. The lowest BCUT2D eigenvalue weighted by molar-refractivity contribution is -0.138. The molecule has 156 valence electrons. The molecule has 30 heavy (non-hydrogen) atoms. The molecule has 2 aromatic heterocycles. The molecule has 10 heteroatoms. The van der Waals surface area contributed by atoms with Gasteiger partial charge in [-0.2, -0.15) is 18.2 Å². The Hall–Kier alpha value is -3.30. The van der Waals surface area contributed by atoms with Gasteiger partial charge < -0.3 is 9.42 Å². The highest BCUT2D eigenvalue weighted by Crippen LogP contribution is 2.33. The first-order valence-electron chi connectivity index (χ1n) is 9.46. The average molecular weight is 417 g/mol. The number of carbonyl (C=O) groups excluding carboxylic acids is 1. The molecule has 0 saturated carbocycles. The van der Waals surface area contributed by atoms with Crippen LogP contribution in [-0.2, 0) is 12.6 Å². The van der Waals surface area contributed by atoms with Crippen LogP contribution in [0, 0.1) is 5.92 Å². The Morgan fingerprint density at radius 2 is 2.07 bits per heavy atom. The van der Waals surface area contributed by atoms with Crippen LogP contribution < -0.4 is 0 Å². The maximum absolute atomic E-state index is 13.3. The molecule has 3 aromatic rings. The summed E-state index contributed by atoms with van der Waals surface area (Å²) < 4.78 is 45.1. The van der Waals surface area contributed by atoms with Crippen LogP contribution in [0.3, 0.4) is 0 Å². The first kappa shape index (κ1) is 20.0. The first-order chi connectivity index (χ1) is 14.4. The number of carbonyl (C=O) groups is 1. The van der Waals surface area contributed by atoms with Crippen molar-refractivity contribution < 1.29 is 22.5 Å². The summed E-state index contributed by atoms with van der Waals surface area (Å²) in [5.41, 5.74) is -0.757. The number of rotatable bonds is 4. The molecule has 7 nitrogen and oxygen atoms in total. The molecule has 1 amide bonds. The van der Waals surface area contributed by atoms with E-state index in [1.54, 1.807) is 0 Å². The molecule has 4 rings (SSSR count). The fourth-order valence-corrected chi connectivity index (χ4v) is 3.61. The van der Waals surface area contributed by atoms with Gasteiger partial charge in [0.15, 0.2) is 0 Å². The fourth-order valence-electron chi connectivity index (χ4n) is 3.61. The van der Waals surface area contributed by atoms with Crippen molar-refractivity contribution in [3.05, 3.63) is 59.9 Å². The van der Waals surface area contributed by atoms with Gasteiger partial charge in [-0.15, -0.1) is 0 Å². The van der Waals surface area contributed by atoms with E-state index in [1.165, 1.54) is 41.7 Å². The quantitative estimate of drug-likeness (QED) is 0.644. The zero-order chi connectivity index (χ0) is 21.1. The number of hydrogen-bond acceptors (Lipinski definition) is 6. The van der Waals surface area contributed by atoms with Crippen molar-refractivity contribution in [1.82, 2.24) is 25.0 Å². The summed E-state index contributed by atoms with van der Waals surface area (Å²) in [7, 11) is 0. The summed E-state index contributed by atoms with van der Waals surface area (Å²) in [6, 6.07) is 4.88. The van der Waals surface area contributed by atoms with Crippen LogP contribution in [0.25, 0.3) is 11.5 Å². The van der Waals surface area contributed by atoms with E-state index in [0.29, 0.717) is 43.3 Å². The number of aromatic nitrogens is 4. The number of alkyl halides is 3. The van der Waals surface area contributed by atoms with Crippen molar-refractivity contribution in [3.63, 3.8) is 0 Å². The van der Waals surface area contributed by atoms with Gasteiger partial charge in [-0.05, 0) is 30.9 Å². The van der Waals surface area contributed by atoms with Gasteiger partial charge in [0.25, 0.3) is 5.91 Å². The Bertz CT molecular complexity index is 1020. The molecular weight excluding hydrogens is 399 g/mol. The second-order valence-electron chi connectivity index (χ2n) is 7.11. The van der Waals surface area contributed by atoms with Gasteiger partial charge >= 0.3 is 6.18 Å². The van der Waals surface area contributed by atoms with Crippen LogP contribution in [-0.4, -0.2) is 44.0 Å². The maximum atomic E-state index is 13.3. The lowest BCUT2D eigenvalue weighted by atomic mass is 9.93. The van der Waals surface area contributed by atoms with Gasteiger partial charge in [0.2, 0.25) is 11.7 Å². The molecule has 1 fully saturated rings. The number of benzene rings is 1. The third-order valence-corrected chi connectivity index (χ3v) is 4.99. The van der Waals surface area contributed by atoms with E-state index >= 15 is 0 Å². The lowest BCUT2D eigenvalue weighted by Gasteiger charge is -2.32. The molecule has 0 spiro atoms. The van der Waals surface area contributed by atoms with Crippen molar-refractivity contribution in [1.29, 1.82) is 0 Å². The Morgan fingerprint density at radius 1 is 1.23 bits per heavy atom. The number of halogens is 3. The molecule has 1 saturated heterocycles. The topological polar surface area (TPSA) is 85.0 Å². The fraction of sp³-hybridized carbons (Fsp3) is 0.350. The monoisotopic (exact) mass is 417 g/mol. The van der Waals surface area contributed by atoms with Crippen LogP contribution >= 0.6 is 0 Å². The normalized spacial score (nSPS) is 17.2. The summed E-state index contributed by atoms with van der Waals surface area (Å²) in [6.45, 7) is 0.740. The molecule has 0 unspecified atom stereocenters. The van der Waals surface area contributed by atoms with Gasteiger partial charge in [0.1, 0.15) is 5.69 Å². The third kappa shape index (κ3) is 4.32. The smallest absolute Gasteiger partial charge is 0.339 e. The minimum atomic E-state index is -4.58. The number of hydrogen-bond donors (Lipinski definition) is 0. The number of likely N-dealkylation sites (tertiary alicyclic amines) is 1. The van der Waals surface area contributed by atoms with Crippen LogP contribution in [0.1, 0.15) is 34.7 Å². The molecule has 0 bridgehead atoms. The van der Waals surface area contributed by atoms with Crippen LogP contribution in [0.4, 0.5) is 13.2 Å². The summed E-state index contributed by atoms with van der Waals surface area (Å²) in [5.74, 6) is 0.112. The van der Waals surface area contributed by atoms with E-state index in [4.69, 9.17) is 4.52 Å². The van der Waals surface area contributed by atoms with Crippen molar-refractivity contribution in [3.8, 4) is 11.5 Å². The van der Waals surface area contributed by atoms with Gasteiger partial charge in [-0.1, -0.05) is 17.3 Å². The Balaban J connectivity index is 1.46. The van der Waals surface area contributed by atoms with E-state index in [1.807, 2.05) is 0 Å².